The van der Waals surface area contributed by atoms with Crippen LogP contribution in [0, 0.1) is 5.82 Å². The van der Waals surface area contributed by atoms with Gasteiger partial charge < -0.3 is 5.73 Å². The Morgan fingerprint density at radius 1 is 1.20 bits per heavy atom. The van der Waals surface area contributed by atoms with Gasteiger partial charge in [0.25, 0.3) is 0 Å². The molecule has 76 valence electrons. The Kier molecular flexibility index (Phi) is 2.56. The van der Waals surface area contributed by atoms with Gasteiger partial charge in [0.2, 0.25) is 0 Å². The number of rotatable bonds is 1. The maximum absolute atomic E-state index is 12.9. The van der Waals surface area contributed by atoms with Crippen LogP contribution in [0.25, 0.3) is 11.1 Å². The average Bonchev–Trinajstić information content (AvgIpc) is 2.17. The number of pyridine rings is 1. The zero-order valence-corrected chi connectivity index (χ0v) is 8.50. The molecule has 1 aromatic carbocycles. The molecular formula is C11H8ClFN2. The zero-order chi connectivity index (χ0) is 10.8. The van der Waals surface area contributed by atoms with Crippen LogP contribution in [-0.2, 0) is 0 Å². The molecule has 1 heterocycles. The van der Waals surface area contributed by atoms with E-state index >= 15 is 0 Å². The van der Waals surface area contributed by atoms with E-state index in [-0.39, 0.29) is 5.82 Å². The summed E-state index contributed by atoms with van der Waals surface area (Å²) in [5, 5.41) is 0.556. The van der Waals surface area contributed by atoms with Crippen molar-refractivity contribution in [2.45, 2.75) is 0 Å². The largest absolute Gasteiger partial charge is 0.398 e. The minimum absolute atomic E-state index is 0.387. The highest BCUT2D eigenvalue weighted by atomic mass is 35.5. The lowest BCUT2D eigenvalue weighted by atomic mass is 10.1. The van der Waals surface area contributed by atoms with E-state index in [1.54, 1.807) is 24.4 Å². The number of nitrogens with zero attached hydrogens (tertiary/aromatic N) is 1. The molecule has 0 radical (unpaired) electrons. The fraction of sp³-hybridized carbons (Fsp3) is 0. The highest BCUT2D eigenvalue weighted by Gasteiger charge is 2.04. The van der Waals surface area contributed by atoms with Crippen molar-refractivity contribution in [3.8, 4) is 11.1 Å². The Labute approximate surface area is 91.5 Å². The third-order valence-electron chi connectivity index (χ3n) is 2.03. The predicted molar refractivity (Wildman–Crippen MR) is 59.1 cm³/mol. The van der Waals surface area contributed by atoms with E-state index in [1.807, 2.05) is 0 Å². The van der Waals surface area contributed by atoms with Crippen LogP contribution in [0.15, 0.2) is 36.7 Å². The molecule has 0 fully saturated rings. The normalized spacial score (nSPS) is 10.3. The molecule has 2 N–H and O–H groups in total. The predicted octanol–water partition coefficient (Wildman–Crippen LogP) is 3.12. The quantitative estimate of drug-likeness (QED) is 0.753. The number of hydrogen-bond donors (Lipinski definition) is 1. The molecule has 0 saturated heterocycles. The summed E-state index contributed by atoms with van der Waals surface area (Å²) in [6.45, 7) is 0. The molecule has 0 atom stereocenters. The molecule has 2 rings (SSSR count). The minimum atomic E-state index is -0.387. The van der Waals surface area contributed by atoms with Crippen molar-refractivity contribution < 1.29 is 4.39 Å². The Bertz CT molecular complexity index is 500. The van der Waals surface area contributed by atoms with Gasteiger partial charge in [0, 0.05) is 28.0 Å². The van der Waals surface area contributed by atoms with Crippen LogP contribution in [-0.4, -0.2) is 4.98 Å². The van der Waals surface area contributed by atoms with Gasteiger partial charge in [-0.15, -0.1) is 0 Å². The summed E-state index contributed by atoms with van der Waals surface area (Å²) in [7, 11) is 0. The van der Waals surface area contributed by atoms with Crippen LogP contribution in [0.4, 0.5) is 10.1 Å². The third kappa shape index (κ3) is 2.07. The Morgan fingerprint density at radius 2 is 2.00 bits per heavy atom. The van der Waals surface area contributed by atoms with E-state index in [1.165, 1.54) is 6.07 Å². The molecule has 0 aliphatic heterocycles. The van der Waals surface area contributed by atoms with E-state index < -0.39 is 0 Å². The monoisotopic (exact) mass is 222 g/mol. The van der Waals surface area contributed by atoms with Crippen LogP contribution >= 0.6 is 11.6 Å². The van der Waals surface area contributed by atoms with E-state index in [0.717, 1.165) is 11.8 Å². The summed E-state index contributed by atoms with van der Waals surface area (Å²) in [6, 6.07) is 6.46. The second-order valence-electron chi connectivity index (χ2n) is 3.12. The zero-order valence-electron chi connectivity index (χ0n) is 7.74. The summed E-state index contributed by atoms with van der Waals surface area (Å²) in [5.41, 5.74) is 7.65. The SMILES string of the molecule is Nc1cc(Cl)ccc1-c1cncc(F)c1. The Hall–Kier alpha value is -1.61. The van der Waals surface area contributed by atoms with Gasteiger partial charge in [0.05, 0.1) is 6.20 Å². The second kappa shape index (κ2) is 3.87. The van der Waals surface area contributed by atoms with Gasteiger partial charge in [-0.1, -0.05) is 17.7 Å². The Balaban J connectivity index is 2.54. The van der Waals surface area contributed by atoms with Gasteiger partial charge in [0.1, 0.15) is 5.82 Å². The summed E-state index contributed by atoms with van der Waals surface area (Å²) in [4.78, 5) is 3.76. The molecule has 2 aromatic rings. The van der Waals surface area contributed by atoms with Crippen molar-refractivity contribution in [2.24, 2.45) is 0 Å². The second-order valence-corrected chi connectivity index (χ2v) is 3.56. The number of hydrogen-bond acceptors (Lipinski definition) is 2. The number of nitrogen functional groups attached to an aromatic ring is 1. The summed E-state index contributed by atoms with van der Waals surface area (Å²) in [5.74, 6) is -0.387. The lowest BCUT2D eigenvalue weighted by molar-refractivity contribution is 0.622. The van der Waals surface area contributed by atoms with Crippen LogP contribution in [0.2, 0.25) is 5.02 Å². The first-order valence-corrected chi connectivity index (χ1v) is 4.70. The van der Waals surface area contributed by atoms with Crippen molar-refractivity contribution in [3.63, 3.8) is 0 Å². The molecule has 0 aliphatic carbocycles. The molecule has 0 amide bonds. The van der Waals surface area contributed by atoms with E-state index in [4.69, 9.17) is 17.3 Å². The lowest BCUT2D eigenvalue weighted by Crippen LogP contribution is -1.91. The van der Waals surface area contributed by atoms with Crippen LogP contribution in [0.5, 0.6) is 0 Å². The van der Waals surface area contributed by atoms with Gasteiger partial charge in [-0.2, -0.15) is 0 Å². The van der Waals surface area contributed by atoms with Crippen molar-refractivity contribution in [3.05, 3.63) is 47.5 Å². The molecule has 4 heteroatoms. The van der Waals surface area contributed by atoms with E-state index in [0.29, 0.717) is 16.3 Å². The first-order chi connectivity index (χ1) is 7.16. The molecule has 2 nitrogen and oxygen atoms in total. The maximum Gasteiger partial charge on any atom is 0.142 e. The molecule has 0 spiro atoms. The van der Waals surface area contributed by atoms with Crippen molar-refractivity contribution in [2.75, 3.05) is 5.73 Å². The van der Waals surface area contributed by atoms with Gasteiger partial charge >= 0.3 is 0 Å². The van der Waals surface area contributed by atoms with Gasteiger partial charge in [-0.05, 0) is 18.2 Å². The standard InChI is InChI=1S/C11H8ClFN2/c12-8-1-2-10(11(14)4-8)7-3-9(13)6-15-5-7/h1-6H,14H2. The number of halogens is 2. The van der Waals surface area contributed by atoms with E-state index in [9.17, 15) is 4.39 Å². The van der Waals surface area contributed by atoms with Gasteiger partial charge in [-0.25, -0.2) is 4.39 Å². The fourth-order valence-corrected chi connectivity index (χ4v) is 1.54. The molecular weight excluding hydrogens is 215 g/mol. The summed E-state index contributed by atoms with van der Waals surface area (Å²) in [6.07, 6.45) is 2.71. The minimum Gasteiger partial charge on any atom is -0.398 e. The highest BCUT2D eigenvalue weighted by molar-refractivity contribution is 6.31. The topological polar surface area (TPSA) is 38.9 Å². The van der Waals surface area contributed by atoms with Crippen molar-refractivity contribution >= 4 is 17.3 Å². The Morgan fingerprint density at radius 3 is 2.67 bits per heavy atom. The molecule has 0 bridgehead atoms. The number of nitrogens with two attached hydrogens (primary N) is 1. The number of aromatic nitrogens is 1. The summed E-state index contributed by atoms with van der Waals surface area (Å²) < 4.78 is 12.9. The lowest BCUT2D eigenvalue weighted by Gasteiger charge is -2.05. The first kappa shape index (κ1) is 9.93. The highest BCUT2D eigenvalue weighted by Crippen LogP contribution is 2.27. The van der Waals surface area contributed by atoms with Crippen LogP contribution in [0.3, 0.4) is 0 Å². The fourth-order valence-electron chi connectivity index (χ4n) is 1.36. The van der Waals surface area contributed by atoms with Gasteiger partial charge in [0.15, 0.2) is 0 Å². The molecule has 0 aliphatic rings. The molecule has 0 unspecified atom stereocenters. The van der Waals surface area contributed by atoms with Gasteiger partial charge in [-0.3, -0.25) is 4.98 Å². The average molecular weight is 223 g/mol. The van der Waals surface area contributed by atoms with E-state index in [2.05, 4.69) is 4.98 Å². The smallest absolute Gasteiger partial charge is 0.142 e. The first-order valence-electron chi connectivity index (χ1n) is 4.33. The summed E-state index contributed by atoms with van der Waals surface area (Å²) >= 11 is 5.77. The van der Waals surface area contributed by atoms with Crippen LogP contribution < -0.4 is 5.73 Å². The third-order valence-corrected chi connectivity index (χ3v) is 2.26. The van der Waals surface area contributed by atoms with Crippen LogP contribution in [0.1, 0.15) is 0 Å². The number of benzene rings is 1. The molecule has 15 heavy (non-hydrogen) atoms. The number of anilines is 1. The molecule has 1 aromatic heterocycles. The molecule has 0 saturated carbocycles. The van der Waals surface area contributed by atoms with Crippen molar-refractivity contribution in [1.82, 2.24) is 4.98 Å². The maximum atomic E-state index is 12.9. The van der Waals surface area contributed by atoms with Crippen molar-refractivity contribution in [1.29, 1.82) is 0 Å².